The van der Waals surface area contributed by atoms with Gasteiger partial charge in [0.1, 0.15) is 0 Å². The van der Waals surface area contributed by atoms with E-state index in [4.69, 9.17) is 32.7 Å². The summed E-state index contributed by atoms with van der Waals surface area (Å²) in [7, 11) is 3.16. The second-order valence-corrected chi connectivity index (χ2v) is 8.27. The van der Waals surface area contributed by atoms with Crippen LogP contribution in [0.15, 0.2) is 47.7 Å². The number of hydrogen-bond acceptors (Lipinski definition) is 4. The topological polar surface area (TPSA) is 64.6 Å². The lowest BCUT2D eigenvalue weighted by atomic mass is 9.73. The molecule has 0 radical (unpaired) electrons. The highest BCUT2D eigenvalue weighted by Gasteiger charge is 2.39. The first-order valence-electron chi connectivity index (χ1n) is 9.64. The number of carbonyl (C=O) groups excluding carboxylic acids is 2. The van der Waals surface area contributed by atoms with Crippen LogP contribution in [0.3, 0.4) is 0 Å². The third-order valence-corrected chi connectivity index (χ3v) is 6.61. The molecule has 0 bridgehead atoms. The van der Waals surface area contributed by atoms with E-state index in [1.807, 2.05) is 24.3 Å². The Balaban J connectivity index is 1.72. The average Bonchev–Trinajstić information content (AvgIpc) is 2.74. The Morgan fingerprint density at radius 3 is 2.47 bits per heavy atom. The number of ether oxygens (including phenoxy) is 2. The van der Waals surface area contributed by atoms with Crippen LogP contribution in [0.25, 0.3) is 0 Å². The van der Waals surface area contributed by atoms with E-state index < -0.39 is 0 Å². The van der Waals surface area contributed by atoms with Crippen LogP contribution in [-0.2, 0) is 9.59 Å². The van der Waals surface area contributed by atoms with Crippen LogP contribution in [0.5, 0.6) is 11.5 Å². The number of ketones is 1. The smallest absolute Gasteiger partial charge is 0.225 e. The molecule has 156 valence electrons. The third-order valence-electron chi connectivity index (χ3n) is 5.77. The molecule has 2 atom stereocenters. The lowest BCUT2D eigenvalue weighted by Crippen LogP contribution is -2.38. The van der Waals surface area contributed by atoms with Gasteiger partial charge < -0.3 is 14.8 Å². The first kappa shape index (κ1) is 20.8. The van der Waals surface area contributed by atoms with Crippen molar-refractivity contribution in [2.45, 2.75) is 31.1 Å². The number of hydrogen-bond donors (Lipinski definition) is 1. The third kappa shape index (κ3) is 3.68. The Labute approximate surface area is 185 Å². The standard InChI is InChI=1S/C23H21Cl2NO4/c1-29-19-7-6-12(10-20(19)30-2)13-8-17-22(18(27)9-13)15(11-21(28)26-17)14-4-3-5-16(24)23(14)25/h3-7,10,13,15H,8-9,11H2,1-2H3,(H,26,28). The Kier molecular flexibility index (Phi) is 5.76. The minimum atomic E-state index is -0.390. The first-order valence-corrected chi connectivity index (χ1v) is 10.4. The molecular formula is C23H21Cl2NO4. The molecule has 5 nitrogen and oxygen atoms in total. The second-order valence-electron chi connectivity index (χ2n) is 7.48. The van der Waals surface area contributed by atoms with E-state index in [0.29, 0.717) is 51.2 Å². The van der Waals surface area contributed by atoms with E-state index in [9.17, 15) is 9.59 Å². The van der Waals surface area contributed by atoms with Gasteiger partial charge in [-0.3, -0.25) is 9.59 Å². The van der Waals surface area contributed by atoms with Crippen molar-refractivity contribution in [3.63, 3.8) is 0 Å². The fourth-order valence-electron chi connectivity index (χ4n) is 4.36. The zero-order valence-electron chi connectivity index (χ0n) is 16.6. The molecule has 2 unspecified atom stereocenters. The van der Waals surface area contributed by atoms with Gasteiger partial charge in [0.15, 0.2) is 17.3 Å². The number of carbonyl (C=O) groups is 2. The molecule has 2 aromatic rings. The molecule has 0 saturated carbocycles. The zero-order valence-corrected chi connectivity index (χ0v) is 18.1. The molecule has 2 aromatic carbocycles. The summed E-state index contributed by atoms with van der Waals surface area (Å²) < 4.78 is 10.7. The Morgan fingerprint density at radius 2 is 1.73 bits per heavy atom. The summed E-state index contributed by atoms with van der Waals surface area (Å²) in [5.74, 6) is 0.666. The summed E-state index contributed by atoms with van der Waals surface area (Å²) in [5, 5.41) is 3.72. The molecule has 4 rings (SSSR count). The number of amides is 1. The molecule has 1 amide bonds. The van der Waals surface area contributed by atoms with Gasteiger partial charge in [-0.15, -0.1) is 0 Å². The van der Waals surface area contributed by atoms with Gasteiger partial charge >= 0.3 is 0 Å². The van der Waals surface area contributed by atoms with Crippen LogP contribution in [0, 0.1) is 0 Å². The average molecular weight is 446 g/mol. The Hall–Kier alpha value is -2.50. The molecule has 1 heterocycles. The zero-order chi connectivity index (χ0) is 21.4. The Bertz CT molecular complexity index is 1060. The van der Waals surface area contributed by atoms with E-state index >= 15 is 0 Å². The second kappa shape index (κ2) is 8.32. The summed E-state index contributed by atoms with van der Waals surface area (Å²) in [6.45, 7) is 0. The van der Waals surface area contributed by atoms with E-state index in [1.54, 1.807) is 26.4 Å². The van der Waals surface area contributed by atoms with E-state index in [-0.39, 0.29) is 29.9 Å². The molecule has 2 aliphatic rings. The van der Waals surface area contributed by atoms with Gasteiger partial charge in [-0.25, -0.2) is 0 Å². The number of allylic oxidation sites excluding steroid dienone is 2. The van der Waals surface area contributed by atoms with Crippen LogP contribution in [-0.4, -0.2) is 25.9 Å². The fourth-order valence-corrected chi connectivity index (χ4v) is 4.80. The highest BCUT2D eigenvalue weighted by Crippen LogP contribution is 2.45. The number of nitrogens with one attached hydrogen (secondary N) is 1. The van der Waals surface area contributed by atoms with Crippen LogP contribution in [0.4, 0.5) is 0 Å². The van der Waals surface area contributed by atoms with Gasteiger partial charge in [0.05, 0.1) is 24.3 Å². The van der Waals surface area contributed by atoms with Crippen LogP contribution >= 0.6 is 23.2 Å². The quantitative estimate of drug-likeness (QED) is 0.717. The van der Waals surface area contributed by atoms with Gasteiger partial charge in [0.25, 0.3) is 0 Å². The van der Waals surface area contributed by atoms with Crippen molar-refractivity contribution in [1.29, 1.82) is 0 Å². The Morgan fingerprint density at radius 1 is 0.967 bits per heavy atom. The molecule has 1 aliphatic heterocycles. The lowest BCUT2D eigenvalue weighted by Gasteiger charge is -2.35. The van der Waals surface area contributed by atoms with Crippen molar-refractivity contribution in [1.82, 2.24) is 5.32 Å². The summed E-state index contributed by atoms with van der Waals surface area (Å²) in [6, 6.07) is 11.0. The normalized spacial score (nSPS) is 21.2. The monoisotopic (exact) mass is 445 g/mol. The van der Waals surface area contributed by atoms with Crippen molar-refractivity contribution in [3.05, 3.63) is 68.8 Å². The molecule has 7 heteroatoms. The summed E-state index contributed by atoms with van der Waals surface area (Å²) in [4.78, 5) is 25.7. The summed E-state index contributed by atoms with van der Waals surface area (Å²) in [6.07, 6.45) is 1.07. The van der Waals surface area contributed by atoms with E-state index in [1.165, 1.54) is 0 Å². The van der Waals surface area contributed by atoms with Crippen molar-refractivity contribution in [2.75, 3.05) is 14.2 Å². The molecule has 1 N–H and O–H groups in total. The number of halogens is 2. The molecular weight excluding hydrogens is 425 g/mol. The van der Waals surface area contributed by atoms with E-state index in [2.05, 4.69) is 5.32 Å². The van der Waals surface area contributed by atoms with Crippen molar-refractivity contribution >= 4 is 34.9 Å². The van der Waals surface area contributed by atoms with Gasteiger partial charge in [-0.2, -0.15) is 0 Å². The molecule has 1 aliphatic carbocycles. The molecule has 0 spiro atoms. The van der Waals surface area contributed by atoms with E-state index in [0.717, 1.165) is 5.56 Å². The molecule has 30 heavy (non-hydrogen) atoms. The van der Waals surface area contributed by atoms with Crippen molar-refractivity contribution < 1.29 is 19.1 Å². The van der Waals surface area contributed by atoms with Crippen LogP contribution in [0.2, 0.25) is 10.0 Å². The fraction of sp³-hybridized carbons (Fsp3) is 0.304. The predicted octanol–water partition coefficient (Wildman–Crippen LogP) is 5.01. The minimum absolute atomic E-state index is 0.0112. The number of benzene rings is 2. The number of methoxy groups -OCH3 is 2. The number of rotatable bonds is 4. The maximum atomic E-state index is 13.2. The highest BCUT2D eigenvalue weighted by atomic mass is 35.5. The lowest BCUT2D eigenvalue weighted by molar-refractivity contribution is -0.122. The number of Topliss-reactive ketones (excluding diaryl/α,β-unsaturated/α-hetero) is 1. The van der Waals surface area contributed by atoms with Crippen LogP contribution < -0.4 is 14.8 Å². The van der Waals surface area contributed by atoms with Crippen LogP contribution in [0.1, 0.15) is 42.2 Å². The first-order chi connectivity index (χ1) is 14.4. The predicted molar refractivity (Wildman–Crippen MR) is 116 cm³/mol. The largest absolute Gasteiger partial charge is 0.493 e. The van der Waals surface area contributed by atoms with Gasteiger partial charge in [0, 0.05) is 30.0 Å². The molecule has 0 saturated heterocycles. The van der Waals surface area contributed by atoms with Crippen molar-refractivity contribution in [2.24, 2.45) is 0 Å². The van der Waals surface area contributed by atoms with Gasteiger partial charge in [-0.05, 0) is 41.7 Å². The maximum Gasteiger partial charge on any atom is 0.225 e. The van der Waals surface area contributed by atoms with Crippen molar-refractivity contribution in [3.8, 4) is 11.5 Å². The SMILES string of the molecule is COc1ccc(C2CC(=O)C3=C(C2)NC(=O)CC3c2cccc(Cl)c2Cl)cc1OC. The molecule has 0 aromatic heterocycles. The molecule has 0 fully saturated rings. The van der Waals surface area contributed by atoms with Gasteiger partial charge in [0.2, 0.25) is 5.91 Å². The highest BCUT2D eigenvalue weighted by molar-refractivity contribution is 6.42. The summed E-state index contributed by atoms with van der Waals surface area (Å²) in [5.41, 5.74) is 2.98. The summed E-state index contributed by atoms with van der Waals surface area (Å²) >= 11 is 12.6. The maximum absolute atomic E-state index is 13.2. The minimum Gasteiger partial charge on any atom is -0.493 e. The van der Waals surface area contributed by atoms with Gasteiger partial charge in [-0.1, -0.05) is 41.4 Å².